The van der Waals surface area contributed by atoms with Gasteiger partial charge in [-0.05, 0) is 25.3 Å². The molecule has 1 aliphatic carbocycles. The lowest BCUT2D eigenvalue weighted by molar-refractivity contribution is -0.261. The largest absolute Gasteiger partial charge is 0.595 e. The average Bonchev–Trinajstić information content (AvgIpc) is 3.23. The number of nitrogens with zero attached hydrogens (tertiary/aromatic N) is 2. The van der Waals surface area contributed by atoms with Crippen LogP contribution in [0.5, 0.6) is 0 Å². The molecule has 1 saturated heterocycles. The Balaban J connectivity index is 1.82. The molecule has 0 bridgehead atoms. The summed E-state index contributed by atoms with van der Waals surface area (Å²) in [5.74, 6) is 0.112. The van der Waals surface area contributed by atoms with Crippen molar-refractivity contribution in [2.24, 2.45) is 10.4 Å². The second-order valence-electron chi connectivity index (χ2n) is 8.09. The molecule has 1 amide bonds. The van der Waals surface area contributed by atoms with Crippen LogP contribution in [0.15, 0.2) is 35.3 Å². The van der Waals surface area contributed by atoms with Crippen LogP contribution in [0.25, 0.3) is 0 Å². The minimum atomic E-state index is -0.707. The highest BCUT2D eigenvalue weighted by Gasteiger charge is 2.68. The molecular weight excluding hydrogens is 304 g/mol. The van der Waals surface area contributed by atoms with Crippen LogP contribution in [0.1, 0.15) is 46.1 Å². The molecule has 0 N–H and O–H groups in total. The van der Waals surface area contributed by atoms with Crippen molar-refractivity contribution in [1.82, 2.24) is 4.90 Å². The summed E-state index contributed by atoms with van der Waals surface area (Å²) in [6.45, 7) is 8.37. The summed E-state index contributed by atoms with van der Waals surface area (Å²) < 4.78 is 5.34. The smallest absolute Gasteiger partial charge is 0.231 e. The van der Waals surface area contributed by atoms with E-state index < -0.39 is 22.6 Å². The van der Waals surface area contributed by atoms with E-state index in [9.17, 15) is 9.90 Å². The fraction of sp³-hybridized carbons (Fsp3) is 0.579. The number of ether oxygens (including phenoxy) is 1. The standard InChI is InChI=1S/C19H26N2O3/c1-17(2,3)24-16(23)20-18(4)13-21(15(22)19(18)10-11-19)12-14-8-6-5-7-9-14/h5-9H,10-13H2,1-4H3,(H,20,23)/p-1. The number of rotatable bonds is 3. The van der Waals surface area contributed by atoms with E-state index in [-0.39, 0.29) is 5.91 Å². The van der Waals surface area contributed by atoms with Crippen LogP contribution in [0.2, 0.25) is 0 Å². The first-order chi connectivity index (χ1) is 11.2. The lowest BCUT2D eigenvalue weighted by Crippen LogP contribution is -2.40. The second kappa shape index (κ2) is 5.50. The fourth-order valence-corrected chi connectivity index (χ4v) is 3.57. The Labute approximate surface area is 143 Å². The van der Waals surface area contributed by atoms with E-state index >= 15 is 0 Å². The number of amides is 1. The summed E-state index contributed by atoms with van der Waals surface area (Å²) in [7, 11) is 0. The van der Waals surface area contributed by atoms with Crippen molar-refractivity contribution in [3.8, 4) is 0 Å². The summed E-state index contributed by atoms with van der Waals surface area (Å²) in [4.78, 5) is 19.0. The predicted molar refractivity (Wildman–Crippen MR) is 90.2 cm³/mol. The Kier molecular flexibility index (Phi) is 3.85. The van der Waals surface area contributed by atoms with Crippen molar-refractivity contribution in [2.75, 3.05) is 6.54 Å². The van der Waals surface area contributed by atoms with Gasteiger partial charge < -0.3 is 14.7 Å². The van der Waals surface area contributed by atoms with Gasteiger partial charge in [-0.3, -0.25) is 9.79 Å². The molecule has 2 fully saturated rings. The quantitative estimate of drug-likeness (QED) is 0.630. The molecule has 130 valence electrons. The molecular formula is C19H25N2O3-. The number of likely N-dealkylation sites (tertiary alicyclic amines) is 1. The minimum absolute atomic E-state index is 0.112. The summed E-state index contributed by atoms with van der Waals surface area (Å²) in [6.07, 6.45) is 1.01. The zero-order chi connectivity index (χ0) is 17.6. The molecule has 1 aliphatic heterocycles. The topological polar surface area (TPSA) is 65.0 Å². The maximum Gasteiger partial charge on any atom is 0.231 e. The Morgan fingerprint density at radius 3 is 2.46 bits per heavy atom. The van der Waals surface area contributed by atoms with Crippen molar-refractivity contribution in [1.29, 1.82) is 0 Å². The summed E-state index contributed by atoms with van der Waals surface area (Å²) in [6, 6.07) is 9.90. The number of carbonyl (C=O) groups excluding carboxylic acids is 1. The molecule has 1 aromatic carbocycles. The van der Waals surface area contributed by atoms with Crippen molar-refractivity contribution < 1.29 is 14.6 Å². The molecule has 1 spiro atoms. The van der Waals surface area contributed by atoms with Crippen LogP contribution >= 0.6 is 0 Å². The molecule has 0 radical (unpaired) electrons. The Morgan fingerprint density at radius 1 is 1.29 bits per heavy atom. The van der Waals surface area contributed by atoms with Crippen LogP contribution in [0, 0.1) is 5.41 Å². The normalized spacial score (nSPS) is 26.1. The minimum Gasteiger partial charge on any atom is -0.595 e. The molecule has 3 rings (SSSR count). The van der Waals surface area contributed by atoms with E-state index in [1.54, 1.807) is 0 Å². The number of hydrogen-bond donors (Lipinski definition) is 0. The summed E-state index contributed by atoms with van der Waals surface area (Å²) in [5, 5.41) is 12.2. The highest BCUT2D eigenvalue weighted by molar-refractivity contribution is 5.90. The van der Waals surface area contributed by atoms with Gasteiger partial charge in [0.05, 0.1) is 11.0 Å². The van der Waals surface area contributed by atoms with Gasteiger partial charge in [0.2, 0.25) is 5.91 Å². The average molecular weight is 329 g/mol. The highest BCUT2D eigenvalue weighted by Crippen LogP contribution is 2.60. The van der Waals surface area contributed by atoms with Gasteiger partial charge in [0, 0.05) is 18.7 Å². The van der Waals surface area contributed by atoms with E-state index in [0.717, 1.165) is 18.4 Å². The van der Waals surface area contributed by atoms with Crippen LogP contribution in [-0.4, -0.2) is 34.6 Å². The van der Waals surface area contributed by atoms with Gasteiger partial charge in [-0.25, -0.2) is 0 Å². The number of benzene rings is 1. The van der Waals surface area contributed by atoms with Gasteiger partial charge in [0.1, 0.15) is 6.08 Å². The van der Waals surface area contributed by atoms with Gasteiger partial charge in [0.15, 0.2) is 0 Å². The zero-order valence-corrected chi connectivity index (χ0v) is 14.8. The van der Waals surface area contributed by atoms with Gasteiger partial charge >= 0.3 is 0 Å². The van der Waals surface area contributed by atoms with E-state index in [4.69, 9.17) is 4.74 Å². The number of carbonyl (C=O) groups is 1. The summed E-state index contributed by atoms with van der Waals surface area (Å²) in [5.41, 5.74) is -0.719. The van der Waals surface area contributed by atoms with Crippen LogP contribution in [0.3, 0.4) is 0 Å². The predicted octanol–water partition coefficient (Wildman–Crippen LogP) is 2.10. The van der Waals surface area contributed by atoms with Gasteiger partial charge in [-0.1, -0.05) is 51.1 Å². The first kappa shape index (κ1) is 16.8. The summed E-state index contributed by atoms with van der Waals surface area (Å²) >= 11 is 0. The second-order valence-corrected chi connectivity index (χ2v) is 8.09. The van der Waals surface area contributed by atoms with E-state index in [1.807, 2.05) is 62.9 Å². The van der Waals surface area contributed by atoms with Crippen LogP contribution in [0.4, 0.5) is 0 Å². The molecule has 5 nitrogen and oxygen atoms in total. The lowest BCUT2D eigenvalue weighted by atomic mass is 9.86. The van der Waals surface area contributed by atoms with Crippen molar-refractivity contribution in [3.63, 3.8) is 0 Å². The monoisotopic (exact) mass is 329 g/mol. The third kappa shape index (κ3) is 2.99. The molecule has 1 saturated carbocycles. The fourth-order valence-electron chi connectivity index (χ4n) is 3.57. The molecule has 5 heteroatoms. The van der Waals surface area contributed by atoms with Crippen molar-refractivity contribution in [3.05, 3.63) is 35.9 Å². The lowest BCUT2D eigenvalue weighted by Gasteiger charge is -2.33. The Hall–Kier alpha value is -2.04. The van der Waals surface area contributed by atoms with Crippen molar-refractivity contribution >= 4 is 12.0 Å². The molecule has 1 unspecified atom stereocenters. The third-order valence-electron chi connectivity index (χ3n) is 4.92. The first-order valence-electron chi connectivity index (χ1n) is 8.44. The van der Waals surface area contributed by atoms with Gasteiger partial charge in [-0.15, -0.1) is 0 Å². The van der Waals surface area contributed by atoms with E-state index in [2.05, 4.69) is 4.99 Å². The molecule has 1 heterocycles. The van der Waals surface area contributed by atoms with Crippen molar-refractivity contribution in [2.45, 2.75) is 58.2 Å². The highest BCUT2D eigenvalue weighted by atomic mass is 16.6. The molecule has 1 atom stereocenters. The SMILES string of the molecule is CC(C)(C)OC([O-])=NC1(C)CN(Cc2ccccc2)C(=O)C12CC2. The van der Waals surface area contributed by atoms with E-state index in [0.29, 0.717) is 13.1 Å². The van der Waals surface area contributed by atoms with Crippen LogP contribution in [-0.2, 0) is 16.1 Å². The van der Waals surface area contributed by atoms with Gasteiger partial charge in [0.25, 0.3) is 0 Å². The molecule has 0 aromatic heterocycles. The number of hydrogen-bond acceptors (Lipinski definition) is 4. The van der Waals surface area contributed by atoms with Gasteiger partial charge in [-0.2, -0.15) is 0 Å². The van der Waals surface area contributed by atoms with Crippen LogP contribution < -0.4 is 5.11 Å². The Morgan fingerprint density at radius 2 is 1.92 bits per heavy atom. The first-order valence-corrected chi connectivity index (χ1v) is 8.44. The molecule has 2 aliphatic rings. The molecule has 1 aromatic rings. The Bertz CT molecular complexity index is 659. The third-order valence-corrected chi connectivity index (χ3v) is 4.92. The zero-order valence-electron chi connectivity index (χ0n) is 14.8. The van der Waals surface area contributed by atoms with E-state index in [1.165, 1.54) is 0 Å². The number of aliphatic imine (C=N–C) groups is 1. The molecule has 24 heavy (non-hydrogen) atoms. The maximum atomic E-state index is 12.9. The maximum absolute atomic E-state index is 12.9.